The van der Waals surface area contributed by atoms with E-state index in [1.807, 2.05) is 24.5 Å². The van der Waals surface area contributed by atoms with Gasteiger partial charge in [0, 0.05) is 18.7 Å². The molecular weight excluding hydrogens is 174 g/mol. The smallest absolute Gasteiger partial charge is 0.117 e. The quantitative estimate of drug-likeness (QED) is 0.799. The first-order valence-corrected chi connectivity index (χ1v) is 4.99. The SMILES string of the molecule is CCC(CN)c1ncc2ccccn12. The summed E-state index contributed by atoms with van der Waals surface area (Å²) in [5.74, 6) is 1.44. The van der Waals surface area contributed by atoms with Gasteiger partial charge in [0.05, 0.1) is 11.7 Å². The molecule has 14 heavy (non-hydrogen) atoms. The largest absolute Gasteiger partial charge is 0.330 e. The van der Waals surface area contributed by atoms with Gasteiger partial charge in [0.2, 0.25) is 0 Å². The number of pyridine rings is 1. The van der Waals surface area contributed by atoms with Crippen LogP contribution < -0.4 is 5.73 Å². The van der Waals surface area contributed by atoms with E-state index in [4.69, 9.17) is 5.73 Å². The molecule has 2 rings (SSSR count). The van der Waals surface area contributed by atoms with E-state index in [9.17, 15) is 0 Å². The molecule has 0 aliphatic rings. The van der Waals surface area contributed by atoms with Crippen molar-refractivity contribution in [1.82, 2.24) is 9.38 Å². The number of hydrogen-bond acceptors (Lipinski definition) is 2. The highest BCUT2D eigenvalue weighted by molar-refractivity contribution is 5.45. The Bertz CT molecular complexity index is 415. The summed E-state index contributed by atoms with van der Waals surface area (Å²) in [6.45, 7) is 2.80. The summed E-state index contributed by atoms with van der Waals surface area (Å²) < 4.78 is 2.11. The molecule has 0 fully saturated rings. The number of nitrogens with two attached hydrogens (primary N) is 1. The highest BCUT2D eigenvalue weighted by Gasteiger charge is 2.12. The van der Waals surface area contributed by atoms with Gasteiger partial charge in [-0.1, -0.05) is 13.0 Å². The number of hydrogen-bond donors (Lipinski definition) is 1. The summed E-state index contributed by atoms with van der Waals surface area (Å²) in [6, 6.07) is 6.09. The lowest BCUT2D eigenvalue weighted by Crippen LogP contribution is -2.14. The summed E-state index contributed by atoms with van der Waals surface area (Å²) >= 11 is 0. The van der Waals surface area contributed by atoms with E-state index in [1.54, 1.807) is 0 Å². The predicted octanol–water partition coefficient (Wildman–Crippen LogP) is 1.79. The van der Waals surface area contributed by atoms with Crippen LogP contribution in [0.3, 0.4) is 0 Å². The molecule has 3 heteroatoms. The second-order valence-electron chi connectivity index (χ2n) is 3.45. The van der Waals surface area contributed by atoms with Crippen LogP contribution in [0.15, 0.2) is 30.6 Å². The Morgan fingerprint density at radius 2 is 2.36 bits per heavy atom. The van der Waals surface area contributed by atoms with Crippen LogP contribution in [0.5, 0.6) is 0 Å². The van der Waals surface area contributed by atoms with Crippen molar-refractivity contribution in [3.05, 3.63) is 36.4 Å². The van der Waals surface area contributed by atoms with Crippen LogP contribution in [0.1, 0.15) is 25.1 Å². The third-order valence-corrected chi connectivity index (χ3v) is 2.61. The fourth-order valence-electron chi connectivity index (χ4n) is 1.72. The fourth-order valence-corrected chi connectivity index (χ4v) is 1.72. The van der Waals surface area contributed by atoms with Crippen LogP contribution in [0.4, 0.5) is 0 Å². The van der Waals surface area contributed by atoms with Gasteiger partial charge in [0.25, 0.3) is 0 Å². The number of imidazole rings is 1. The lowest BCUT2D eigenvalue weighted by molar-refractivity contribution is 0.628. The number of fused-ring (bicyclic) bond motifs is 1. The van der Waals surface area contributed by atoms with Gasteiger partial charge in [0.1, 0.15) is 5.82 Å². The summed E-state index contributed by atoms with van der Waals surface area (Å²) in [4.78, 5) is 4.42. The van der Waals surface area contributed by atoms with Crippen molar-refractivity contribution in [1.29, 1.82) is 0 Å². The summed E-state index contributed by atoms with van der Waals surface area (Å²) in [5.41, 5.74) is 6.85. The second kappa shape index (κ2) is 3.80. The molecule has 2 heterocycles. The van der Waals surface area contributed by atoms with Gasteiger partial charge in [-0.15, -0.1) is 0 Å². The van der Waals surface area contributed by atoms with Crippen LogP contribution in [0, 0.1) is 0 Å². The molecule has 0 spiro atoms. The Morgan fingerprint density at radius 1 is 1.50 bits per heavy atom. The van der Waals surface area contributed by atoms with E-state index in [-0.39, 0.29) is 0 Å². The molecular formula is C11H15N3. The molecule has 0 bridgehead atoms. The van der Waals surface area contributed by atoms with Gasteiger partial charge in [-0.25, -0.2) is 4.98 Å². The molecule has 1 unspecified atom stereocenters. The minimum absolute atomic E-state index is 0.361. The van der Waals surface area contributed by atoms with Crippen LogP contribution in [-0.4, -0.2) is 15.9 Å². The Morgan fingerprint density at radius 3 is 3.07 bits per heavy atom. The maximum Gasteiger partial charge on any atom is 0.117 e. The normalized spacial score (nSPS) is 13.3. The zero-order chi connectivity index (χ0) is 9.97. The zero-order valence-electron chi connectivity index (χ0n) is 8.35. The van der Waals surface area contributed by atoms with Crippen molar-refractivity contribution in [2.24, 2.45) is 5.73 Å². The molecule has 2 aromatic heterocycles. The molecule has 2 N–H and O–H groups in total. The van der Waals surface area contributed by atoms with E-state index in [1.165, 1.54) is 0 Å². The van der Waals surface area contributed by atoms with Crippen molar-refractivity contribution in [3.8, 4) is 0 Å². The first kappa shape index (κ1) is 9.21. The van der Waals surface area contributed by atoms with Gasteiger partial charge in [-0.05, 0) is 18.6 Å². The molecule has 0 aliphatic carbocycles. The average Bonchev–Trinajstić information content (AvgIpc) is 2.65. The lowest BCUT2D eigenvalue weighted by Gasteiger charge is -2.10. The van der Waals surface area contributed by atoms with E-state index in [0.29, 0.717) is 12.5 Å². The predicted molar refractivity (Wildman–Crippen MR) is 57.3 cm³/mol. The molecule has 74 valence electrons. The van der Waals surface area contributed by atoms with E-state index in [2.05, 4.69) is 22.4 Å². The Balaban J connectivity index is 2.51. The second-order valence-corrected chi connectivity index (χ2v) is 3.45. The van der Waals surface area contributed by atoms with E-state index >= 15 is 0 Å². The number of aromatic nitrogens is 2. The minimum Gasteiger partial charge on any atom is -0.330 e. The maximum atomic E-state index is 5.71. The molecule has 0 saturated heterocycles. The van der Waals surface area contributed by atoms with Gasteiger partial charge < -0.3 is 10.1 Å². The minimum atomic E-state index is 0.361. The Labute approximate surface area is 83.6 Å². The molecule has 0 aliphatic heterocycles. The van der Waals surface area contributed by atoms with Crippen LogP contribution in [0.2, 0.25) is 0 Å². The molecule has 0 radical (unpaired) electrons. The number of nitrogens with zero attached hydrogens (tertiary/aromatic N) is 2. The Hall–Kier alpha value is -1.35. The zero-order valence-corrected chi connectivity index (χ0v) is 8.35. The standard InChI is InChI=1S/C11H15N3/c1-2-9(7-12)11-13-8-10-5-3-4-6-14(10)11/h3-6,8-9H,2,7,12H2,1H3. The first-order chi connectivity index (χ1) is 6.86. The molecule has 3 nitrogen and oxygen atoms in total. The van der Waals surface area contributed by atoms with Crippen molar-refractivity contribution >= 4 is 5.52 Å². The van der Waals surface area contributed by atoms with Gasteiger partial charge in [-0.2, -0.15) is 0 Å². The average molecular weight is 189 g/mol. The molecule has 1 atom stereocenters. The highest BCUT2D eigenvalue weighted by Crippen LogP contribution is 2.18. The number of rotatable bonds is 3. The molecule has 0 aromatic carbocycles. The van der Waals surface area contributed by atoms with E-state index < -0.39 is 0 Å². The monoisotopic (exact) mass is 189 g/mol. The lowest BCUT2D eigenvalue weighted by atomic mass is 10.1. The summed E-state index contributed by atoms with van der Waals surface area (Å²) in [6.07, 6.45) is 4.97. The van der Waals surface area contributed by atoms with E-state index in [0.717, 1.165) is 17.8 Å². The summed E-state index contributed by atoms with van der Waals surface area (Å²) in [5, 5.41) is 0. The van der Waals surface area contributed by atoms with Crippen LogP contribution in [0.25, 0.3) is 5.52 Å². The topological polar surface area (TPSA) is 43.3 Å². The highest BCUT2D eigenvalue weighted by atomic mass is 15.0. The Kier molecular flexibility index (Phi) is 2.50. The first-order valence-electron chi connectivity index (χ1n) is 4.99. The maximum absolute atomic E-state index is 5.71. The van der Waals surface area contributed by atoms with Gasteiger partial charge >= 0.3 is 0 Å². The molecule has 0 amide bonds. The third kappa shape index (κ3) is 1.40. The van der Waals surface area contributed by atoms with Crippen molar-refractivity contribution in [2.45, 2.75) is 19.3 Å². The van der Waals surface area contributed by atoms with Gasteiger partial charge in [0.15, 0.2) is 0 Å². The van der Waals surface area contributed by atoms with Gasteiger partial charge in [-0.3, -0.25) is 0 Å². The molecule has 0 saturated carbocycles. The summed E-state index contributed by atoms with van der Waals surface area (Å²) in [7, 11) is 0. The molecule has 2 aromatic rings. The third-order valence-electron chi connectivity index (χ3n) is 2.61. The van der Waals surface area contributed by atoms with Crippen molar-refractivity contribution in [3.63, 3.8) is 0 Å². The van der Waals surface area contributed by atoms with Crippen molar-refractivity contribution in [2.75, 3.05) is 6.54 Å². The van der Waals surface area contributed by atoms with Crippen LogP contribution >= 0.6 is 0 Å². The van der Waals surface area contributed by atoms with Crippen molar-refractivity contribution < 1.29 is 0 Å². The van der Waals surface area contributed by atoms with Crippen LogP contribution in [-0.2, 0) is 0 Å². The fraction of sp³-hybridized carbons (Fsp3) is 0.364.